The molecule has 0 unspecified atom stereocenters. The van der Waals surface area contributed by atoms with E-state index in [0.29, 0.717) is 6.04 Å². The molecular weight excluding hydrogens is 212 g/mol. The fraction of sp³-hybridized carbons (Fsp3) is 1.00. The standard InChI is InChI=1S/C14H30N2O/c1-5-16(10-11-17-14(2,3)4)13-8-6-12(15)7-9-13/h12-13H,5-11,15H2,1-4H3. The molecular formula is C14H30N2O. The molecule has 0 bridgehead atoms. The number of ether oxygens (including phenoxy) is 1. The van der Waals surface area contributed by atoms with Crippen LogP contribution in [0.4, 0.5) is 0 Å². The van der Waals surface area contributed by atoms with Gasteiger partial charge in [0.05, 0.1) is 12.2 Å². The average molecular weight is 242 g/mol. The molecule has 17 heavy (non-hydrogen) atoms. The lowest BCUT2D eigenvalue weighted by molar-refractivity contribution is -0.0191. The lowest BCUT2D eigenvalue weighted by atomic mass is 9.91. The molecule has 0 heterocycles. The Morgan fingerprint density at radius 2 is 1.76 bits per heavy atom. The third kappa shape index (κ3) is 5.84. The van der Waals surface area contributed by atoms with Gasteiger partial charge in [0.2, 0.25) is 0 Å². The maximum atomic E-state index is 5.95. The molecule has 0 atom stereocenters. The van der Waals surface area contributed by atoms with Crippen LogP contribution < -0.4 is 5.73 Å². The molecule has 3 heteroatoms. The van der Waals surface area contributed by atoms with E-state index < -0.39 is 0 Å². The molecule has 0 saturated heterocycles. The van der Waals surface area contributed by atoms with Gasteiger partial charge in [0, 0.05) is 18.6 Å². The SMILES string of the molecule is CCN(CCOC(C)(C)C)C1CCC(N)CC1. The molecule has 2 N–H and O–H groups in total. The van der Waals surface area contributed by atoms with Gasteiger partial charge in [0.25, 0.3) is 0 Å². The fourth-order valence-corrected chi connectivity index (χ4v) is 2.53. The van der Waals surface area contributed by atoms with Gasteiger partial charge in [-0.3, -0.25) is 4.90 Å². The van der Waals surface area contributed by atoms with Gasteiger partial charge in [0.15, 0.2) is 0 Å². The lowest BCUT2D eigenvalue weighted by Crippen LogP contribution is -2.42. The van der Waals surface area contributed by atoms with Crippen molar-refractivity contribution in [2.24, 2.45) is 5.73 Å². The summed E-state index contributed by atoms with van der Waals surface area (Å²) in [7, 11) is 0. The van der Waals surface area contributed by atoms with Crippen molar-refractivity contribution in [1.82, 2.24) is 4.90 Å². The highest BCUT2D eigenvalue weighted by molar-refractivity contribution is 4.80. The van der Waals surface area contributed by atoms with Crippen molar-refractivity contribution in [1.29, 1.82) is 0 Å². The number of nitrogens with two attached hydrogens (primary N) is 1. The van der Waals surface area contributed by atoms with E-state index in [1.54, 1.807) is 0 Å². The molecule has 102 valence electrons. The topological polar surface area (TPSA) is 38.5 Å². The van der Waals surface area contributed by atoms with E-state index in [1.807, 2.05) is 0 Å². The van der Waals surface area contributed by atoms with E-state index in [1.165, 1.54) is 25.7 Å². The molecule has 1 fully saturated rings. The summed E-state index contributed by atoms with van der Waals surface area (Å²) in [4.78, 5) is 2.55. The van der Waals surface area contributed by atoms with E-state index in [9.17, 15) is 0 Å². The van der Waals surface area contributed by atoms with Crippen LogP contribution in [0.2, 0.25) is 0 Å². The molecule has 0 amide bonds. The van der Waals surface area contributed by atoms with Crippen LogP contribution in [0, 0.1) is 0 Å². The zero-order valence-corrected chi connectivity index (χ0v) is 12.0. The summed E-state index contributed by atoms with van der Waals surface area (Å²) in [5.41, 5.74) is 5.93. The Morgan fingerprint density at radius 1 is 1.18 bits per heavy atom. The summed E-state index contributed by atoms with van der Waals surface area (Å²) >= 11 is 0. The van der Waals surface area contributed by atoms with Gasteiger partial charge in [-0.25, -0.2) is 0 Å². The van der Waals surface area contributed by atoms with E-state index in [4.69, 9.17) is 10.5 Å². The molecule has 0 aliphatic heterocycles. The summed E-state index contributed by atoms with van der Waals surface area (Å²) in [6.45, 7) is 11.6. The van der Waals surface area contributed by atoms with Crippen molar-refractivity contribution in [2.75, 3.05) is 19.7 Å². The molecule has 1 aliphatic rings. The van der Waals surface area contributed by atoms with Crippen LogP contribution in [0.1, 0.15) is 53.4 Å². The third-order valence-corrected chi connectivity index (χ3v) is 3.58. The summed E-state index contributed by atoms with van der Waals surface area (Å²) in [5, 5.41) is 0. The van der Waals surface area contributed by atoms with Crippen LogP contribution in [0.5, 0.6) is 0 Å². The van der Waals surface area contributed by atoms with E-state index in [0.717, 1.165) is 25.7 Å². The van der Waals surface area contributed by atoms with E-state index in [2.05, 4.69) is 32.6 Å². The second-order valence-corrected chi connectivity index (χ2v) is 6.16. The minimum absolute atomic E-state index is 0.0195. The van der Waals surface area contributed by atoms with Gasteiger partial charge in [-0.05, 0) is 53.0 Å². The minimum atomic E-state index is -0.0195. The lowest BCUT2D eigenvalue weighted by Gasteiger charge is -2.36. The average Bonchev–Trinajstić information content (AvgIpc) is 2.24. The third-order valence-electron chi connectivity index (χ3n) is 3.58. The normalized spacial score (nSPS) is 26.5. The molecule has 0 aromatic rings. The van der Waals surface area contributed by atoms with Gasteiger partial charge in [-0.1, -0.05) is 6.92 Å². The molecule has 0 aromatic heterocycles. The number of rotatable bonds is 5. The Kier molecular flexibility index (Phi) is 5.90. The van der Waals surface area contributed by atoms with Crippen molar-refractivity contribution in [3.63, 3.8) is 0 Å². The van der Waals surface area contributed by atoms with Gasteiger partial charge in [-0.15, -0.1) is 0 Å². The van der Waals surface area contributed by atoms with Crippen LogP contribution in [0.25, 0.3) is 0 Å². The number of hydrogen-bond acceptors (Lipinski definition) is 3. The van der Waals surface area contributed by atoms with Crippen molar-refractivity contribution in [3.05, 3.63) is 0 Å². The van der Waals surface area contributed by atoms with E-state index >= 15 is 0 Å². The van der Waals surface area contributed by atoms with Crippen molar-refractivity contribution in [2.45, 2.75) is 71.1 Å². The summed E-state index contributed by atoms with van der Waals surface area (Å²) in [6, 6.07) is 1.17. The monoisotopic (exact) mass is 242 g/mol. The molecule has 0 radical (unpaired) electrons. The van der Waals surface area contributed by atoms with Gasteiger partial charge in [0.1, 0.15) is 0 Å². The van der Waals surface area contributed by atoms with Gasteiger partial charge < -0.3 is 10.5 Å². The van der Waals surface area contributed by atoms with Gasteiger partial charge in [-0.2, -0.15) is 0 Å². The van der Waals surface area contributed by atoms with Crippen LogP contribution >= 0.6 is 0 Å². The molecule has 0 spiro atoms. The highest BCUT2D eigenvalue weighted by Crippen LogP contribution is 2.22. The number of likely N-dealkylation sites (N-methyl/N-ethyl adjacent to an activating group) is 1. The summed E-state index contributed by atoms with van der Waals surface area (Å²) < 4.78 is 5.81. The van der Waals surface area contributed by atoms with Crippen LogP contribution in [0.3, 0.4) is 0 Å². The zero-order valence-electron chi connectivity index (χ0n) is 12.0. The van der Waals surface area contributed by atoms with Crippen molar-refractivity contribution in [3.8, 4) is 0 Å². The van der Waals surface area contributed by atoms with Crippen LogP contribution in [0.15, 0.2) is 0 Å². The zero-order chi connectivity index (χ0) is 12.9. The van der Waals surface area contributed by atoms with Gasteiger partial charge >= 0.3 is 0 Å². The predicted molar refractivity (Wildman–Crippen MR) is 73.2 cm³/mol. The number of nitrogens with zero attached hydrogens (tertiary/aromatic N) is 1. The Bertz CT molecular complexity index is 205. The largest absolute Gasteiger partial charge is 0.375 e. The second-order valence-electron chi connectivity index (χ2n) is 6.16. The Labute approximate surface area is 107 Å². The first-order valence-corrected chi connectivity index (χ1v) is 7.06. The molecule has 3 nitrogen and oxygen atoms in total. The first-order valence-electron chi connectivity index (χ1n) is 7.06. The van der Waals surface area contributed by atoms with Crippen molar-refractivity contribution < 1.29 is 4.74 Å². The fourth-order valence-electron chi connectivity index (χ4n) is 2.53. The molecule has 0 aromatic carbocycles. The maximum absolute atomic E-state index is 5.95. The first-order chi connectivity index (χ1) is 7.92. The minimum Gasteiger partial charge on any atom is -0.375 e. The highest BCUT2D eigenvalue weighted by atomic mass is 16.5. The Morgan fingerprint density at radius 3 is 2.24 bits per heavy atom. The molecule has 1 aliphatic carbocycles. The molecule has 1 saturated carbocycles. The summed E-state index contributed by atoms with van der Waals surface area (Å²) in [6.07, 6.45) is 4.87. The number of hydrogen-bond donors (Lipinski definition) is 1. The second kappa shape index (κ2) is 6.72. The Hall–Kier alpha value is -0.120. The first kappa shape index (κ1) is 14.9. The highest BCUT2D eigenvalue weighted by Gasteiger charge is 2.23. The maximum Gasteiger partial charge on any atom is 0.0600 e. The smallest absolute Gasteiger partial charge is 0.0600 e. The summed E-state index contributed by atoms with van der Waals surface area (Å²) in [5.74, 6) is 0. The van der Waals surface area contributed by atoms with Crippen LogP contribution in [-0.2, 0) is 4.74 Å². The quantitative estimate of drug-likeness (QED) is 0.804. The van der Waals surface area contributed by atoms with Crippen LogP contribution in [-0.4, -0.2) is 42.3 Å². The predicted octanol–water partition coefficient (Wildman–Crippen LogP) is 2.39. The molecule has 1 rings (SSSR count). The van der Waals surface area contributed by atoms with E-state index in [-0.39, 0.29) is 5.60 Å². The Balaban J connectivity index is 2.28. The van der Waals surface area contributed by atoms with Crippen molar-refractivity contribution >= 4 is 0 Å².